The predicted octanol–water partition coefficient (Wildman–Crippen LogP) is 3.66. The number of carbonyl (C=O) groups excluding carboxylic acids is 1. The topological polar surface area (TPSA) is 66.4 Å². The molecule has 2 atom stereocenters. The summed E-state index contributed by atoms with van der Waals surface area (Å²) in [6, 6.07) is 9.48. The Balaban J connectivity index is 1.77. The van der Waals surface area contributed by atoms with Crippen molar-refractivity contribution in [1.29, 1.82) is 0 Å². The molecule has 0 radical (unpaired) electrons. The van der Waals surface area contributed by atoms with E-state index in [2.05, 4.69) is 5.32 Å². The van der Waals surface area contributed by atoms with E-state index in [1.165, 1.54) is 11.3 Å². The molecule has 1 aliphatic rings. The summed E-state index contributed by atoms with van der Waals surface area (Å²) in [6.45, 7) is 0. The standard InChI is InChI=1S/C17H19NO3S/c19-16(15-10-11-6-4-5-9-14(11)22-15)18-13-8-3-1-2-7-12(13)17(20)21/h4-6,9-10,12-13H,1-3,7-8H2,(H,18,19)(H,20,21)/t12-,13+/m1/s1. The molecular formula is C17H19NO3S. The van der Waals surface area contributed by atoms with Gasteiger partial charge in [0, 0.05) is 10.7 Å². The van der Waals surface area contributed by atoms with Crippen LogP contribution in [0.3, 0.4) is 0 Å². The van der Waals surface area contributed by atoms with Crippen LogP contribution in [0.2, 0.25) is 0 Å². The van der Waals surface area contributed by atoms with Crippen LogP contribution in [0.25, 0.3) is 10.1 Å². The third-order valence-corrected chi connectivity index (χ3v) is 5.41. The summed E-state index contributed by atoms with van der Waals surface area (Å²) in [5.74, 6) is -1.43. The van der Waals surface area contributed by atoms with Crippen molar-refractivity contribution in [3.05, 3.63) is 35.2 Å². The minimum Gasteiger partial charge on any atom is -0.481 e. The zero-order chi connectivity index (χ0) is 15.5. The van der Waals surface area contributed by atoms with Gasteiger partial charge in [-0.25, -0.2) is 0 Å². The third kappa shape index (κ3) is 3.14. The number of hydrogen-bond donors (Lipinski definition) is 2. The summed E-state index contributed by atoms with van der Waals surface area (Å²) in [6.07, 6.45) is 4.33. The zero-order valence-corrected chi connectivity index (χ0v) is 13.1. The summed E-state index contributed by atoms with van der Waals surface area (Å²) in [4.78, 5) is 24.5. The summed E-state index contributed by atoms with van der Waals surface area (Å²) < 4.78 is 1.07. The fourth-order valence-corrected chi connectivity index (χ4v) is 4.08. The lowest BCUT2D eigenvalue weighted by Gasteiger charge is -2.22. The maximum Gasteiger partial charge on any atom is 0.308 e. The van der Waals surface area contributed by atoms with Gasteiger partial charge >= 0.3 is 5.97 Å². The minimum absolute atomic E-state index is 0.153. The molecule has 0 saturated heterocycles. The lowest BCUT2D eigenvalue weighted by molar-refractivity contribution is -0.142. The fraction of sp³-hybridized carbons (Fsp3) is 0.412. The summed E-state index contributed by atoms with van der Waals surface area (Å²) >= 11 is 1.45. The lowest BCUT2D eigenvalue weighted by atomic mass is 9.95. The van der Waals surface area contributed by atoms with E-state index in [0.29, 0.717) is 11.3 Å². The first-order valence-corrected chi connectivity index (χ1v) is 8.49. The second kappa shape index (κ2) is 6.48. The molecule has 0 unspecified atom stereocenters. The van der Waals surface area contributed by atoms with E-state index in [9.17, 15) is 14.7 Å². The highest BCUT2D eigenvalue weighted by molar-refractivity contribution is 7.20. The third-order valence-electron chi connectivity index (χ3n) is 4.30. The van der Waals surface area contributed by atoms with Crippen LogP contribution in [0.5, 0.6) is 0 Å². The predicted molar refractivity (Wildman–Crippen MR) is 87.3 cm³/mol. The van der Waals surface area contributed by atoms with Gasteiger partial charge in [-0.2, -0.15) is 0 Å². The van der Waals surface area contributed by atoms with Gasteiger partial charge in [0.1, 0.15) is 0 Å². The molecule has 1 saturated carbocycles. The molecule has 2 N–H and O–H groups in total. The van der Waals surface area contributed by atoms with Crippen LogP contribution in [0, 0.1) is 5.92 Å². The van der Waals surface area contributed by atoms with Crippen LogP contribution >= 0.6 is 11.3 Å². The highest BCUT2D eigenvalue weighted by Gasteiger charge is 2.31. The van der Waals surface area contributed by atoms with Crippen molar-refractivity contribution in [2.24, 2.45) is 5.92 Å². The molecular weight excluding hydrogens is 298 g/mol. The number of nitrogens with one attached hydrogen (secondary N) is 1. The monoisotopic (exact) mass is 317 g/mol. The Morgan fingerprint density at radius 1 is 1.14 bits per heavy atom. The van der Waals surface area contributed by atoms with Gasteiger partial charge in [0.25, 0.3) is 5.91 Å². The van der Waals surface area contributed by atoms with E-state index in [0.717, 1.165) is 35.8 Å². The van der Waals surface area contributed by atoms with Crippen molar-refractivity contribution in [2.75, 3.05) is 0 Å². The highest BCUT2D eigenvalue weighted by Crippen LogP contribution is 2.27. The summed E-state index contributed by atoms with van der Waals surface area (Å²) in [5.41, 5.74) is 0. The van der Waals surface area contributed by atoms with E-state index in [1.54, 1.807) is 0 Å². The number of thiophene rings is 1. The van der Waals surface area contributed by atoms with Crippen molar-refractivity contribution in [3.8, 4) is 0 Å². The van der Waals surface area contributed by atoms with Gasteiger partial charge in [-0.1, -0.05) is 37.5 Å². The number of fused-ring (bicyclic) bond motifs is 1. The number of benzene rings is 1. The van der Waals surface area contributed by atoms with Gasteiger partial charge in [0.2, 0.25) is 0 Å². The Morgan fingerprint density at radius 2 is 1.91 bits per heavy atom. The van der Waals surface area contributed by atoms with Crippen molar-refractivity contribution < 1.29 is 14.7 Å². The van der Waals surface area contributed by atoms with E-state index in [-0.39, 0.29) is 11.9 Å². The van der Waals surface area contributed by atoms with Gasteiger partial charge in [-0.15, -0.1) is 11.3 Å². The van der Waals surface area contributed by atoms with Crippen molar-refractivity contribution >= 4 is 33.3 Å². The maximum absolute atomic E-state index is 12.5. The molecule has 1 heterocycles. The van der Waals surface area contributed by atoms with Crippen LogP contribution in [0.15, 0.2) is 30.3 Å². The van der Waals surface area contributed by atoms with Crippen LogP contribution in [0.4, 0.5) is 0 Å². The first-order chi connectivity index (χ1) is 10.6. The Bertz CT molecular complexity index is 661. The smallest absolute Gasteiger partial charge is 0.308 e. The quantitative estimate of drug-likeness (QED) is 0.849. The molecule has 22 heavy (non-hydrogen) atoms. The molecule has 116 valence electrons. The van der Waals surface area contributed by atoms with Crippen LogP contribution in [0.1, 0.15) is 41.8 Å². The zero-order valence-electron chi connectivity index (χ0n) is 12.2. The average Bonchev–Trinajstić information content (AvgIpc) is 2.80. The molecule has 1 fully saturated rings. The second-order valence-corrected chi connectivity index (χ2v) is 6.89. The van der Waals surface area contributed by atoms with Crippen LogP contribution in [-0.2, 0) is 4.79 Å². The van der Waals surface area contributed by atoms with E-state index < -0.39 is 11.9 Å². The first kappa shape index (κ1) is 15.0. The van der Waals surface area contributed by atoms with Crippen molar-refractivity contribution in [2.45, 2.75) is 38.1 Å². The van der Waals surface area contributed by atoms with Crippen molar-refractivity contribution in [1.82, 2.24) is 5.32 Å². The molecule has 0 bridgehead atoms. The molecule has 0 spiro atoms. The number of carbonyl (C=O) groups is 2. The number of carboxylic acid groups (broad SMARTS) is 1. The molecule has 4 nitrogen and oxygen atoms in total. The highest BCUT2D eigenvalue weighted by atomic mass is 32.1. The lowest BCUT2D eigenvalue weighted by Crippen LogP contribution is -2.42. The van der Waals surface area contributed by atoms with E-state index in [1.807, 2.05) is 30.3 Å². The minimum atomic E-state index is -0.802. The molecule has 1 aromatic heterocycles. The number of amides is 1. The van der Waals surface area contributed by atoms with Gasteiger partial charge in [0.05, 0.1) is 10.8 Å². The number of aliphatic carboxylic acids is 1. The largest absolute Gasteiger partial charge is 0.481 e. The Labute approximate surface area is 133 Å². The number of hydrogen-bond acceptors (Lipinski definition) is 3. The molecule has 0 aliphatic heterocycles. The van der Waals surface area contributed by atoms with Crippen molar-refractivity contribution in [3.63, 3.8) is 0 Å². The SMILES string of the molecule is O=C(N[C@H]1CCCCC[C@H]1C(=O)O)c1cc2ccccc2s1. The average molecular weight is 317 g/mol. The Morgan fingerprint density at radius 3 is 2.68 bits per heavy atom. The van der Waals surface area contributed by atoms with Gasteiger partial charge in [-0.05, 0) is 30.4 Å². The first-order valence-electron chi connectivity index (χ1n) is 7.67. The van der Waals surface area contributed by atoms with E-state index >= 15 is 0 Å². The summed E-state index contributed by atoms with van der Waals surface area (Å²) in [7, 11) is 0. The molecule has 1 amide bonds. The molecule has 2 aromatic rings. The second-order valence-electron chi connectivity index (χ2n) is 5.81. The molecule has 1 aromatic carbocycles. The summed E-state index contributed by atoms with van der Waals surface area (Å²) in [5, 5.41) is 13.4. The fourth-order valence-electron chi connectivity index (χ4n) is 3.11. The number of carboxylic acids is 1. The molecule has 1 aliphatic carbocycles. The van der Waals surface area contributed by atoms with Gasteiger partial charge < -0.3 is 10.4 Å². The molecule has 5 heteroatoms. The van der Waals surface area contributed by atoms with Crippen LogP contribution in [-0.4, -0.2) is 23.0 Å². The van der Waals surface area contributed by atoms with Gasteiger partial charge in [0.15, 0.2) is 0 Å². The van der Waals surface area contributed by atoms with E-state index in [4.69, 9.17) is 0 Å². The maximum atomic E-state index is 12.5. The van der Waals surface area contributed by atoms with Gasteiger partial charge in [-0.3, -0.25) is 9.59 Å². The Hall–Kier alpha value is -1.88. The number of rotatable bonds is 3. The normalized spacial score (nSPS) is 22.2. The van der Waals surface area contributed by atoms with Crippen LogP contribution < -0.4 is 5.32 Å². The Kier molecular flexibility index (Phi) is 4.43. The molecule has 3 rings (SSSR count).